The van der Waals surface area contributed by atoms with Gasteiger partial charge in [-0.1, -0.05) is 12.1 Å². The Labute approximate surface area is 129 Å². The molecule has 1 aromatic carbocycles. The zero-order valence-corrected chi connectivity index (χ0v) is 12.7. The minimum absolute atomic E-state index is 0.338. The largest absolute Gasteiger partial charge is 0.324 e. The van der Waals surface area contributed by atoms with Gasteiger partial charge >= 0.3 is 0 Å². The zero-order chi connectivity index (χ0) is 14.8. The van der Waals surface area contributed by atoms with Crippen LogP contribution in [0.15, 0.2) is 47.5 Å². The van der Waals surface area contributed by atoms with E-state index in [0.717, 1.165) is 11.3 Å². The lowest BCUT2D eigenvalue weighted by Gasteiger charge is -2.07. The Balaban J connectivity index is 1.85. The van der Waals surface area contributed by atoms with Gasteiger partial charge in [-0.3, -0.25) is 4.98 Å². The smallest absolute Gasteiger partial charge is 0.226 e. The first-order valence-electron chi connectivity index (χ1n) is 6.17. The summed E-state index contributed by atoms with van der Waals surface area (Å²) in [4.78, 5) is 7.94. The molecule has 1 N–H and O–H groups in total. The molecule has 21 heavy (non-hydrogen) atoms. The Morgan fingerprint density at radius 3 is 2.57 bits per heavy atom. The highest BCUT2D eigenvalue weighted by atomic mass is 79.9. The molecule has 0 amide bonds. The number of aryl methyl sites for hydroxylation is 1. The number of aromatic nitrogens is 4. The molecule has 3 rings (SSSR count). The van der Waals surface area contributed by atoms with E-state index < -0.39 is 0 Å². The van der Waals surface area contributed by atoms with Crippen LogP contribution >= 0.6 is 15.9 Å². The number of nitrogens with one attached hydrogen (secondary N) is 1. The first-order chi connectivity index (χ1) is 10.1. The molecule has 0 aliphatic heterocycles. The molecule has 0 spiro atoms. The van der Waals surface area contributed by atoms with Crippen LogP contribution in [0.3, 0.4) is 0 Å². The van der Waals surface area contributed by atoms with E-state index in [1.165, 1.54) is 6.20 Å². The van der Waals surface area contributed by atoms with E-state index in [1.54, 1.807) is 24.0 Å². The minimum Gasteiger partial charge on any atom is -0.324 e. The summed E-state index contributed by atoms with van der Waals surface area (Å²) in [7, 11) is 1.79. The number of nitrogens with zero attached hydrogens (tertiary/aromatic N) is 4. The Bertz CT molecular complexity index is 769. The van der Waals surface area contributed by atoms with E-state index in [2.05, 4.69) is 36.3 Å². The number of halogens is 2. The molecule has 2 aromatic heterocycles. The van der Waals surface area contributed by atoms with Crippen LogP contribution in [0.2, 0.25) is 0 Å². The Morgan fingerprint density at radius 1 is 1.19 bits per heavy atom. The standard InChI is InChI=1S/C14H11BrFN5/c1-21-14(19-13(15)20-21)18-10-4-2-9(3-5-10)11-6-7-17-8-12(11)16/h2-8H,1H3,(H,18,19,20). The molecule has 2 heterocycles. The van der Waals surface area contributed by atoms with Crippen LogP contribution < -0.4 is 5.32 Å². The molecule has 3 aromatic rings. The summed E-state index contributed by atoms with van der Waals surface area (Å²) < 4.78 is 15.8. The van der Waals surface area contributed by atoms with Gasteiger partial charge < -0.3 is 5.32 Å². The lowest BCUT2D eigenvalue weighted by atomic mass is 10.1. The van der Waals surface area contributed by atoms with Crippen molar-refractivity contribution in [1.29, 1.82) is 0 Å². The van der Waals surface area contributed by atoms with Crippen molar-refractivity contribution >= 4 is 27.6 Å². The van der Waals surface area contributed by atoms with Crippen molar-refractivity contribution in [2.45, 2.75) is 0 Å². The number of hydrogen-bond donors (Lipinski definition) is 1. The summed E-state index contributed by atoms with van der Waals surface area (Å²) in [5.41, 5.74) is 2.16. The van der Waals surface area contributed by atoms with Gasteiger partial charge in [0.2, 0.25) is 10.7 Å². The van der Waals surface area contributed by atoms with E-state index in [-0.39, 0.29) is 5.82 Å². The van der Waals surface area contributed by atoms with Crippen molar-refractivity contribution in [3.8, 4) is 11.1 Å². The van der Waals surface area contributed by atoms with Gasteiger partial charge in [-0.2, -0.15) is 4.98 Å². The first-order valence-corrected chi connectivity index (χ1v) is 6.96. The third-order valence-corrected chi connectivity index (χ3v) is 3.30. The molecule has 0 unspecified atom stereocenters. The molecule has 0 atom stereocenters. The molecule has 0 saturated carbocycles. The molecule has 0 saturated heterocycles. The fourth-order valence-electron chi connectivity index (χ4n) is 1.93. The quantitative estimate of drug-likeness (QED) is 0.787. The van der Waals surface area contributed by atoms with Crippen LogP contribution in [0, 0.1) is 5.82 Å². The van der Waals surface area contributed by atoms with Gasteiger partial charge in [0.1, 0.15) is 5.82 Å². The highest BCUT2D eigenvalue weighted by Gasteiger charge is 2.07. The zero-order valence-electron chi connectivity index (χ0n) is 11.1. The van der Waals surface area contributed by atoms with Gasteiger partial charge in [0.15, 0.2) is 0 Å². The molecule has 0 aliphatic carbocycles. The Kier molecular flexibility index (Phi) is 3.66. The number of hydrogen-bond acceptors (Lipinski definition) is 4. The average Bonchev–Trinajstić information content (AvgIpc) is 2.78. The van der Waals surface area contributed by atoms with Crippen LogP contribution in [0.5, 0.6) is 0 Å². The fourth-order valence-corrected chi connectivity index (χ4v) is 2.34. The van der Waals surface area contributed by atoms with Crippen molar-refractivity contribution in [3.63, 3.8) is 0 Å². The maximum atomic E-state index is 13.7. The number of rotatable bonds is 3. The lowest BCUT2D eigenvalue weighted by molar-refractivity contribution is 0.625. The van der Waals surface area contributed by atoms with Crippen LogP contribution in [-0.2, 0) is 7.05 Å². The van der Waals surface area contributed by atoms with Gasteiger partial charge in [-0.25, -0.2) is 9.07 Å². The summed E-state index contributed by atoms with van der Waals surface area (Å²) in [6.07, 6.45) is 2.78. The molecule has 0 bridgehead atoms. The van der Waals surface area contributed by atoms with Crippen LogP contribution in [-0.4, -0.2) is 19.7 Å². The summed E-state index contributed by atoms with van der Waals surface area (Å²) in [5, 5.41) is 7.23. The Hall–Kier alpha value is -2.28. The molecular weight excluding hydrogens is 337 g/mol. The fraction of sp³-hybridized carbons (Fsp3) is 0.0714. The maximum absolute atomic E-state index is 13.7. The summed E-state index contributed by atoms with van der Waals surface area (Å²) in [6, 6.07) is 9.05. The molecule has 0 fully saturated rings. The SMILES string of the molecule is Cn1nc(Br)nc1Nc1ccc(-c2ccncc2F)cc1. The van der Waals surface area contributed by atoms with Crippen molar-refractivity contribution in [2.24, 2.45) is 7.05 Å². The monoisotopic (exact) mass is 347 g/mol. The summed E-state index contributed by atoms with van der Waals surface area (Å²) in [5.74, 6) is 0.278. The number of anilines is 2. The van der Waals surface area contributed by atoms with Crippen LogP contribution in [0.25, 0.3) is 11.1 Å². The normalized spacial score (nSPS) is 10.6. The topological polar surface area (TPSA) is 55.6 Å². The first kappa shape index (κ1) is 13.7. The van der Waals surface area contributed by atoms with Gasteiger partial charge in [-0.15, -0.1) is 5.10 Å². The molecule has 0 aliphatic rings. The lowest BCUT2D eigenvalue weighted by Crippen LogP contribution is -2.00. The van der Waals surface area contributed by atoms with E-state index >= 15 is 0 Å². The highest BCUT2D eigenvalue weighted by Crippen LogP contribution is 2.24. The number of pyridine rings is 1. The van der Waals surface area contributed by atoms with E-state index in [1.807, 2.05) is 24.3 Å². The van der Waals surface area contributed by atoms with E-state index in [9.17, 15) is 4.39 Å². The number of benzene rings is 1. The third-order valence-electron chi connectivity index (χ3n) is 2.96. The van der Waals surface area contributed by atoms with E-state index in [0.29, 0.717) is 16.2 Å². The van der Waals surface area contributed by atoms with E-state index in [4.69, 9.17) is 0 Å². The highest BCUT2D eigenvalue weighted by molar-refractivity contribution is 9.10. The molecule has 0 radical (unpaired) electrons. The second kappa shape index (κ2) is 5.61. The van der Waals surface area contributed by atoms with Crippen LogP contribution in [0.4, 0.5) is 16.0 Å². The molecule has 5 nitrogen and oxygen atoms in total. The van der Waals surface area contributed by atoms with Crippen molar-refractivity contribution in [2.75, 3.05) is 5.32 Å². The molecule has 106 valence electrons. The average molecular weight is 348 g/mol. The third kappa shape index (κ3) is 2.92. The van der Waals surface area contributed by atoms with Crippen molar-refractivity contribution in [1.82, 2.24) is 19.7 Å². The molecule has 7 heteroatoms. The van der Waals surface area contributed by atoms with Crippen molar-refractivity contribution in [3.05, 3.63) is 53.3 Å². The summed E-state index contributed by atoms with van der Waals surface area (Å²) in [6.45, 7) is 0. The van der Waals surface area contributed by atoms with Gasteiger partial charge in [0.25, 0.3) is 0 Å². The predicted molar refractivity (Wildman–Crippen MR) is 81.6 cm³/mol. The van der Waals surface area contributed by atoms with Gasteiger partial charge in [-0.05, 0) is 39.7 Å². The second-order valence-corrected chi connectivity index (χ2v) is 5.10. The van der Waals surface area contributed by atoms with Crippen molar-refractivity contribution < 1.29 is 4.39 Å². The van der Waals surface area contributed by atoms with Gasteiger partial charge in [0, 0.05) is 24.5 Å². The molecular formula is C14H11BrFN5. The minimum atomic E-state index is -0.338. The second-order valence-electron chi connectivity index (χ2n) is 4.39. The Morgan fingerprint density at radius 2 is 1.95 bits per heavy atom. The summed E-state index contributed by atoms with van der Waals surface area (Å²) >= 11 is 3.22. The van der Waals surface area contributed by atoms with Gasteiger partial charge in [0.05, 0.1) is 6.20 Å². The van der Waals surface area contributed by atoms with Crippen LogP contribution in [0.1, 0.15) is 0 Å². The maximum Gasteiger partial charge on any atom is 0.226 e. The predicted octanol–water partition coefficient (Wildman–Crippen LogP) is 3.52.